The molecule has 1 fully saturated rings. The zero-order valence-corrected chi connectivity index (χ0v) is 18.4. The second kappa shape index (κ2) is 11.6. The van der Waals surface area contributed by atoms with Crippen molar-refractivity contribution in [3.63, 3.8) is 0 Å². The molecule has 0 unspecified atom stereocenters. The zero-order chi connectivity index (χ0) is 22.9. The van der Waals surface area contributed by atoms with Gasteiger partial charge in [-0.15, -0.1) is 0 Å². The van der Waals surface area contributed by atoms with Gasteiger partial charge in [0.05, 0.1) is 26.4 Å². The quantitative estimate of drug-likeness (QED) is 0.499. The second-order valence-corrected chi connectivity index (χ2v) is 7.55. The lowest BCUT2D eigenvalue weighted by Gasteiger charge is -2.27. The Morgan fingerprint density at radius 2 is 1.94 bits per heavy atom. The molecule has 1 saturated heterocycles. The number of amides is 2. The second-order valence-electron chi connectivity index (χ2n) is 7.55. The van der Waals surface area contributed by atoms with E-state index in [4.69, 9.17) is 19.9 Å². The van der Waals surface area contributed by atoms with Crippen LogP contribution in [-0.4, -0.2) is 63.0 Å². The highest BCUT2D eigenvalue weighted by atomic mass is 16.7. The summed E-state index contributed by atoms with van der Waals surface area (Å²) in [5.74, 6) is 0.0933. The van der Waals surface area contributed by atoms with Crippen molar-refractivity contribution in [2.45, 2.75) is 31.6 Å². The Balaban J connectivity index is 1.65. The van der Waals surface area contributed by atoms with E-state index < -0.39 is 0 Å². The minimum atomic E-state index is -0.356. The van der Waals surface area contributed by atoms with E-state index in [9.17, 15) is 9.59 Å². The van der Waals surface area contributed by atoms with E-state index in [0.717, 1.165) is 11.3 Å². The van der Waals surface area contributed by atoms with Crippen LogP contribution in [-0.2, 0) is 15.9 Å². The maximum absolute atomic E-state index is 12.8. The lowest BCUT2D eigenvalue weighted by molar-refractivity contribution is -0.188. The molecule has 1 aliphatic heterocycles. The molecule has 0 saturated carbocycles. The third-order valence-corrected chi connectivity index (χ3v) is 5.06. The molecule has 0 radical (unpaired) electrons. The average molecular weight is 443 g/mol. The Morgan fingerprint density at radius 1 is 1.19 bits per heavy atom. The summed E-state index contributed by atoms with van der Waals surface area (Å²) in [7, 11) is 3.13. The minimum absolute atomic E-state index is 0.0859. The molecular weight excluding hydrogens is 412 g/mol. The first kappa shape index (κ1) is 23.6. The Labute approximate surface area is 187 Å². The molecule has 3 rings (SSSR count). The normalized spacial score (nSPS) is 18.1. The number of aromatic nitrogens is 1. The minimum Gasteiger partial charge on any atom is -0.496 e. The predicted octanol–water partition coefficient (Wildman–Crippen LogP) is 1.25. The number of hydrogen-bond donors (Lipinski definition) is 3. The van der Waals surface area contributed by atoms with Gasteiger partial charge in [0.25, 0.3) is 11.8 Å². The van der Waals surface area contributed by atoms with Gasteiger partial charge in [-0.2, -0.15) is 0 Å². The fourth-order valence-electron chi connectivity index (χ4n) is 3.40. The number of carbonyl (C=O) groups is 2. The largest absolute Gasteiger partial charge is 0.496 e. The number of rotatable bonds is 9. The van der Waals surface area contributed by atoms with E-state index in [0.29, 0.717) is 50.3 Å². The number of nitrogens with one attached hydrogen (secondary N) is 2. The molecule has 1 aromatic heterocycles. The Kier molecular flexibility index (Phi) is 8.55. The molecule has 0 atom stereocenters. The van der Waals surface area contributed by atoms with Crippen LogP contribution in [0.1, 0.15) is 44.9 Å². The molecular formula is C23H30N4O5. The molecule has 9 heteroatoms. The fraction of sp³-hybridized carbons (Fsp3) is 0.435. The van der Waals surface area contributed by atoms with Gasteiger partial charge in [0.1, 0.15) is 11.4 Å². The van der Waals surface area contributed by atoms with E-state index >= 15 is 0 Å². The van der Waals surface area contributed by atoms with E-state index in [1.807, 2.05) is 24.3 Å². The van der Waals surface area contributed by atoms with Gasteiger partial charge in [0, 0.05) is 43.3 Å². The third kappa shape index (κ3) is 6.49. The number of ether oxygens (including phenoxy) is 3. The summed E-state index contributed by atoms with van der Waals surface area (Å²) in [5.41, 5.74) is 7.80. The first-order valence-corrected chi connectivity index (χ1v) is 10.6. The molecule has 2 amide bonds. The Hall–Kier alpha value is -3.01. The van der Waals surface area contributed by atoms with Crippen LogP contribution in [0, 0.1) is 0 Å². The van der Waals surface area contributed by atoms with Crippen LogP contribution in [0.4, 0.5) is 0 Å². The summed E-state index contributed by atoms with van der Waals surface area (Å²) in [6, 6.07) is 10.7. The Bertz CT molecular complexity index is 928. The van der Waals surface area contributed by atoms with Gasteiger partial charge in [-0.3, -0.25) is 9.59 Å². The molecule has 9 nitrogen and oxygen atoms in total. The predicted molar refractivity (Wildman–Crippen MR) is 119 cm³/mol. The summed E-state index contributed by atoms with van der Waals surface area (Å²) < 4.78 is 16.4. The van der Waals surface area contributed by atoms with E-state index in [2.05, 4.69) is 15.6 Å². The van der Waals surface area contributed by atoms with Crippen LogP contribution in [0.2, 0.25) is 0 Å². The molecule has 1 aliphatic rings. The van der Waals surface area contributed by atoms with Crippen molar-refractivity contribution in [1.29, 1.82) is 0 Å². The number of carbonyl (C=O) groups excluding carboxylic acids is 2. The number of hydrogen-bond acceptors (Lipinski definition) is 7. The third-order valence-electron chi connectivity index (χ3n) is 5.06. The number of nitrogens with two attached hydrogens (primary N) is 1. The van der Waals surface area contributed by atoms with Gasteiger partial charge in [-0.05, 0) is 24.6 Å². The summed E-state index contributed by atoms with van der Waals surface area (Å²) in [5, 5.41) is 5.44. The summed E-state index contributed by atoms with van der Waals surface area (Å²) in [6.45, 7) is 1.41. The van der Waals surface area contributed by atoms with Crippen LogP contribution < -0.4 is 21.1 Å². The van der Waals surface area contributed by atoms with E-state index in [-0.39, 0.29) is 29.8 Å². The molecule has 1 aromatic carbocycles. The zero-order valence-electron chi connectivity index (χ0n) is 18.4. The molecule has 32 heavy (non-hydrogen) atoms. The molecule has 0 spiro atoms. The highest BCUT2D eigenvalue weighted by molar-refractivity contribution is 5.98. The van der Waals surface area contributed by atoms with Crippen molar-refractivity contribution < 1.29 is 23.8 Å². The van der Waals surface area contributed by atoms with Crippen molar-refractivity contribution >= 4 is 11.8 Å². The number of pyridine rings is 1. The van der Waals surface area contributed by atoms with E-state index in [1.165, 1.54) is 13.1 Å². The number of methoxy groups -OCH3 is 1. The highest BCUT2D eigenvalue weighted by Gasteiger charge is 2.19. The molecule has 2 heterocycles. The lowest BCUT2D eigenvalue weighted by atomic mass is 10.1. The summed E-state index contributed by atoms with van der Waals surface area (Å²) in [6.07, 6.45) is 1.48. The molecule has 0 bridgehead atoms. The van der Waals surface area contributed by atoms with Crippen molar-refractivity contribution in [3.8, 4) is 5.75 Å². The number of benzene rings is 1. The van der Waals surface area contributed by atoms with Gasteiger partial charge in [0.2, 0.25) is 0 Å². The van der Waals surface area contributed by atoms with Crippen molar-refractivity contribution in [2.75, 3.05) is 33.9 Å². The maximum atomic E-state index is 12.8. The maximum Gasteiger partial charge on any atom is 0.269 e. The molecule has 4 N–H and O–H groups in total. The fourth-order valence-corrected chi connectivity index (χ4v) is 3.40. The van der Waals surface area contributed by atoms with Crippen LogP contribution in [0.25, 0.3) is 0 Å². The number of nitrogens with zero attached hydrogens (tertiary/aromatic N) is 1. The lowest BCUT2D eigenvalue weighted by Crippen LogP contribution is -2.41. The van der Waals surface area contributed by atoms with Crippen LogP contribution in [0.3, 0.4) is 0 Å². The topological polar surface area (TPSA) is 125 Å². The van der Waals surface area contributed by atoms with Gasteiger partial charge >= 0.3 is 0 Å². The highest BCUT2D eigenvalue weighted by Crippen LogP contribution is 2.21. The SMILES string of the molecule is CNC(=O)c1cc(C(=O)NCCC[C@H]2OC[C@H](N)CO2)cc(Cc2ccccc2OC)n1. The molecule has 0 aliphatic carbocycles. The van der Waals surface area contributed by atoms with Crippen molar-refractivity contribution in [2.24, 2.45) is 5.73 Å². The van der Waals surface area contributed by atoms with Gasteiger partial charge < -0.3 is 30.6 Å². The van der Waals surface area contributed by atoms with E-state index in [1.54, 1.807) is 13.2 Å². The van der Waals surface area contributed by atoms with Gasteiger partial charge in [-0.1, -0.05) is 18.2 Å². The van der Waals surface area contributed by atoms with Crippen LogP contribution in [0.15, 0.2) is 36.4 Å². The summed E-state index contributed by atoms with van der Waals surface area (Å²) in [4.78, 5) is 29.4. The van der Waals surface area contributed by atoms with Crippen LogP contribution in [0.5, 0.6) is 5.75 Å². The monoisotopic (exact) mass is 442 g/mol. The summed E-state index contributed by atoms with van der Waals surface area (Å²) >= 11 is 0. The van der Waals surface area contributed by atoms with Crippen molar-refractivity contribution in [1.82, 2.24) is 15.6 Å². The van der Waals surface area contributed by atoms with Gasteiger partial charge in [-0.25, -0.2) is 4.98 Å². The first-order chi connectivity index (χ1) is 15.5. The first-order valence-electron chi connectivity index (χ1n) is 10.6. The standard InChI is InChI=1S/C23H30N4O5/c1-25-23(29)19-12-16(11-18(27-19)10-15-6-3-4-7-20(15)30-2)22(28)26-9-5-8-21-31-13-17(24)14-32-21/h3-4,6-7,11-12,17,21H,5,8-10,13-14,24H2,1-2H3,(H,25,29)(H,26,28)/t17-,21-. The van der Waals surface area contributed by atoms with Crippen LogP contribution >= 0.6 is 0 Å². The molecule has 172 valence electrons. The smallest absolute Gasteiger partial charge is 0.269 e. The van der Waals surface area contributed by atoms with Crippen molar-refractivity contribution in [3.05, 3.63) is 58.9 Å². The average Bonchev–Trinajstić information content (AvgIpc) is 2.82. The number of para-hydroxylation sites is 1. The molecule has 2 aromatic rings. The Morgan fingerprint density at radius 3 is 2.66 bits per heavy atom. The van der Waals surface area contributed by atoms with Gasteiger partial charge in [0.15, 0.2) is 6.29 Å².